The molecule has 0 saturated heterocycles. The Kier molecular flexibility index (Phi) is 5.27. The highest BCUT2D eigenvalue weighted by atomic mass is 35.5. The van der Waals surface area contributed by atoms with Gasteiger partial charge in [-0.2, -0.15) is 5.26 Å². The number of nitriles is 1. The Morgan fingerprint density at radius 2 is 1.83 bits per heavy atom. The number of benzene rings is 2. The molecule has 2 rings (SSSR count). The molecule has 0 heterocycles. The first-order valence-corrected chi connectivity index (χ1v) is 9.23. The van der Waals surface area contributed by atoms with E-state index in [4.69, 9.17) is 16.9 Å². The van der Waals surface area contributed by atoms with Gasteiger partial charge in [-0.1, -0.05) is 23.7 Å². The Bertz CT molecular complexity index is 916. The third-order valence-electron chi connectivity index (χ3n) is 3.45. The Morgan fingerprint density at radius 3 is 2.38 bits per heavy atom. The van der Waals surface area contributed by atoms with E-state index < -0.39 is 9.84 Å². The van der Waals surface area contributed by atoms with Crippen molar-refractivity contribution in [3.8, 4) is 6.07 Å². The summed E-state index contributed by atoms with van der Waals surface area (Å²) in [6, 6.07) is 13.0. The van der Waals surface area contributed by atoms with E-state index in [2.05, 4.69) is 0 Å². The number of hydrogen-bond donors (Lipinski definition) is 0. The maximum Gasteiger partial charge on any atom is 0.255 e. The molecule has 0 N–H and O–H groups in total. The van der Waals surface area contributed by atoms with Crippen molar-refractivity contribution in [1.82, 2.24) is 4.90 Å². The summed E-state index contributed by atoms with van der Waals surface area (Å²) in [5.41, 5.74) is 1.52. The fourth-order valence-electron chi connectivity index (χ4n) is 2.13. The standard InChI is InChI=1S/C17H15ClN2O3S/c1-20(11-13-5-3-12(10-19)4-6-13)17(21)15-9-14(24(2,22)23)7-8-16(15)18/h3-9H,11H2,1-2H3. The molecular formula is C17H15ClN2O3S. The summed E-state index contributed by atoms with van der Waals surface area (Å²) in [4.78, 5) is 14.0. The topological polar surface area (TPSA) is 78.2 Å². The maximum atomic E-state index is 12.6. The molecule has 7 heteroatoms. The van der Waals surface area contributed by atoms with Crippen LogP contribution in [0.2, 0.25) is 5.02 Å². The zero-order valence-electron chi connectivity index (χ0n) is 13.2. The number of sulfone groups is 1. The van der Waals surface area contributed by atoms with Gasteiger partial charge < -0.3 is 4.90 Å². The summed E-state index contributed by atoms with van der Waals surface area (Å²) in [5, 5.41) is 8.98. The molecule has 24 heavy (non-hydrogen) atoms. The molecule has 0 bridgehead atoms. The molecule has 1 amide bonds. The van der Waals surface area contributed by atoms with Crippen molar-refractivity contribution in [3.05, 3.63) is 64.2 Å². The minimum absolute atomic E-state index is 0.0435. The van der Waals surface area contributed by atoms with Gasteiger partial charge in [0.25, 0.3) is 5.91 Å². The molecule has 2 aromatic carbocycles. The van der Waals surface area contributed by atoms with Gasteiger partial charge in [0.05, 0.1) is 27.1 Å². The summed E-state index contributed by atoms with van der Waals surface area (Å²) < 4.78 is 23.3. The van der Waals surface area contributed by atoms with Crippen molar-refractivity contribution < 1.29 is 13.2 Å². The zero-order valence-corrected chi connectivity index (χ0v) is 14.7. The summed E-state index contributed by atoms with van der Waals surface area (Å²) in [5.74, 6) is -0.380. The van der Waals surface area contributed by atoms with Crippen LogP contribution in [0.4, 0.5) is 0 Å². The van der Waals surface area contributed by atoms with E-state index in [1.54, 1.807) is 31.3 Å². The van der Waals surface area contributed by atoms with Gasteiger partial charge in [-0.15, -0.1) is 0 Å². The average Bonchev–Trinajstić information content (AvgIpc) is 2.54. The highest BCUT2D eigenvalue weighted by Crippen LogP contribution is 2.22. The van der Waals surface area contributed by atoms with E-state index in [0.717, 1.165) is 11.8 Å². The van der Waals surface area contributed by atoms with E-state index in [1.165, 1.54) is 23.1 Å². The van der Waals surface area contributed by atoms with Crippen molar-refractivity contribution in [2.24, 2.45) is 0 Å². The molecule has 0 unspecified atom stereocenters. The SMILES string of the molecule is CN(Cc1ccc(C#N)cc1)C(=O)c1cc(S(C)(=O)=O)ccc1Cl. The Balaban J connectivity index is 2.25. The summed E-state index contributed by atoms with van der Waals surface area (Å²) in [7, 11) is -1.83. The second kappa shape index (κ2) is 7.04. The molecule has 0 aromatic heterocycles. The Labute approximate surface area is 146 Å². The maximum absolute atomic E-state index is 12.6. The number of amides is 1. The van der Waals surface area contributed by atoms with Gasteiger partial charge in [-0.25, -0.2) is 8.42 Å². The van der Waals surface area contributed by atoms with Gasteiger partial charge in [-0.05, 0) is 35.9 Å². The number of nitrogens with zero attached hydrogens (tertiary/aromatic N) is 2. The molecule has 5 nitrogen and oxygen atoms in total. The van der Waals surface area contributed by atoms with Crippen LogP contribution in [0.1, 0.15) is 21.5 Å². The van der Waals surface area contributed by atoms with Crippen LogP contribution >= 0.6 is 11.6 Å². The zero-order chi connectivity index (χ0) is 17.9. The van der Waals surface area contributed by atoms with Crippen molar-refractivity contribution in [2.45, 2.75) is 11.4 Å². The second-order valence-electron chi connectivity index (χ2n) is 5.38. The monoisotopic (exact) mass is 362 g/mol. The third kappa shape index (κ3) is 4.13. The Morgan fingerprint density at radius 1 is 1.21 bits per heavy atom. The normalized spacial score (nSPS) is 10.9. The minimum atomic E-state index is -3.43. The lowest BCUT2D eigenvalue weighted by atomic mass is 10.1. The first-order valence-electron chi connectivity index (χ1n) is 6.96. The van der Waals surface area contributed by atoms with Gasteiger partial charge in [-0.3, -0.25) is 4.79 Å². The minimum Gasteiger partial charge on any atom is -0.337 e. The van der Waals surface area contributed by atoms with Gasteiger partial charge in [0.2, 0.25) is 0 Å². The molecule has 0 aliphatic rings. The molecule has 0 aliphatic carbocycles. The fourth-order valence-corrected chi connectivity index (χ4v) is 2.98. The van der Waals surface area contributed by atoms with Crippen molar-refractivity contribution >= 4 is 27.3 Å². The van der Waals surface area contributed by atoms with E-state index in [9.17, 15) is 13.2 Å². The van der Waals surface area contributed by atoms with Crippen LogP contribution in [0.3, 0.4) is 0 Å². The average molecular weight is 363 g/mol. The lowest BCUT2D eigenvalue weighted by Gasteiger charge is -2.18. The number of carbonyl (C=O) groups is 1. The number of halogens is 1. The highest BCUT2D eigenvalue weighted by Gasteiger charge is 2.18. The molecule has 0 radical (unpaired) electrons. The molecular weight excluding hydrogens is 348 g/mol. The van der Waals surface area contributed by atoms with Crippen molar-refractivity contribution in [1.29, 1.82) is 5.26 Å². The first-order chi connectivity index (χ1) is 11.2. The summed E-state index contributed by atoms with van der Waals surface area (Å²) >= 11 is 6.05. The van der Waals surface area contributed by atoms with Crippen molar-refractivity contribution in [3.63, 3.8) is 0 Å². The Hall–Kier alpha value is -2.36. The molecule has 0 fully saturated rings. The predicted octanol–water partition coefficient (Wildman–Crippen LogP) is 2.89. The second-order valence-corrected chi connectivity index (χ2v) is 7.81. The predicted molar refractivity (Wildman–Crippen MR) is 91.5 cm³/mol. The van der Waals surface area contributed by atoms with Crippen LogP contribution in [-0.4, -0.2) is 32.5 Å². The van der Waals surface area contributed by atoms with E-state index >= 15 is 0 Å². The third-order valence-corrected chi connectivity index (χ3v) is 4.89. The first kappa shape index (κ1) is 18.0. The van der Waals surface area contributed by atoms with E-state index in [1.807, 2.05) is 6.07 Å². The largest absolute Gasteiger partial charge is 0.337 e. The quantitative estimate of drug-likeness (QED) is 0.837. The van der Waals surface area contributed by atoms with Crippen LogP contribution in [0.15, 0.2) is 47.4 Å². The van der Waals surface area contributed by atoms with Crippen LogP contribution in [0.25, 0.3) is 0 Å². The van der Waals surface area contributed by atoms with Crippen LogP contribution in [-0.2, 0) is 16.4 Å². The molecule has 0 saturated carbocycles. The van der Waals surface area contributed by atoms with Crippen LogP contribution in [0, 0.1) is 11.3 Å². The molecule has 0 aliphatic heterocycles. The number of carbonyl (C=O) groups excluding carboxylic acids is 1. The lowest BCUT2D eigenvalue weighted by molar-refractivity contribution is 0.0785. The lowest BCUT2D eigenvalue weighted by Crippen LogP contribution is -2.26. The summed E-state index contributed by atoms with van der Waals surface area (Å²) in [6.07, 6.45) is 1.07. The van der Waals surface area contributed by atoms with Gasteiger partial charge in [0, 0.05) is 19.8 Å². The fraction of sp³-hybridized carbons (Fsp3) is 0.176. The van der Waals surface area contributed by atoms with Crippen molar-refractivity contribution in [2.75, 3.05) is 13.3 Å². The van der Waals surface area contributed by atoms with Gasteiger partial charge >= 0.3 is 0 Å². The molecule has 0 atom stereocenters. The molecule has 0 spiro atoms. The van der Waals surface area contributed by atoms with Gasteiger partial charge in [0.15, 0.2) is 9.84 Å². The number of hydrogen-bond acceptors (Lipinski definition) is 4. The van der Waals surface area contributed by atoms with Crippen LogP contribution < -0.4 is 0 Å². The number of rotatable bonds is 4. The highest BCUT2D eigenvalue weighted by molar-refractivity contribution is 7.90. The molecule has 124 valence electrons. The van der Waals surface area contributed by atoms with Gasteiger partial charge in [0.1, 0.15) is 0 Å². The molecule has 2 aromatic rings. The summed E-state index contributed by atoms with van der Waals surface area (Å²) in [6.45, 7) is 0.309. The van der Waals surface area contributed by atoms with E-state index in [-0.39, 0.29) is 21.4 Å². The van der Waals surface area contributed by atoms with Crippen LogP contribution in [0.5, 0.6) is 0 Å². The smallest absolute Gasteiger partial charge is 0.255 e. The van der Waals surface area contributed by atoms with E-state index in [0.29, 0.717) is 12.1 Å².